The van der Waals surface area contributed by atoms with Crippen molar-refractivity contribution < 1.29 is 4.79 Å². The molecule has 98 valence electrons. The Kier molecular flexibility index (Phi) is 5.43. The molecule has 3 heteroatoms. The molecule has 1 heterocycles. The summed E-state index contributed by atoms with van der Waals surface area (Å²) in [5.41, 5.74) is 1.51. The summed E-state index contributed by atoms with van der Waals surface area (Å²) in [6.45, 7) is 10.8. The molecule has 1 amide bonds. The van der Waals surface area contributed by atoms with Gasteiger partial charge in [-0.2, -0.15) is 0 Å². The Morgan fingerprint density at radius 3 is 2.83 bits per heavy atom. The monoisotopic (exact) mass is 246 g/mol. The van der Waals surface area contributed by atoms with E-state index < -0.39 is 0 Å². The number of hydrogen-bond acceptors (Lipinski definition) is 2. The van der Waals surface area contributed by atoms with Crippen molar-refractivity contribution in [2.24, 2.45) is 5.92 Å². The van der Waals surface area contributed by atoms with Gasteiger partial charge in [0.1, 0.15) is 0 Å². The third kappa shape index (κ3) is 3.91. The zero-order valence-electron chi connectivity index (χ0n) is 11.4. The van der Waals surface area contributed by atoms with Crippen LogP contribution in [0.4, 0.5) is 0 Å². The van der Waals surface area contributed by atoms with Crippen LogP contribution in [0.3, 0.4) is 0 Å². The van der Waals surface area contributed by atoms with E-state index in [0.717, 1.165) is 12.1 Å². The summed E-state index contributed by atoms with van der Waals surface area (Å²) in [5.74, 6) is 0.466. The largest absolute Gasteiger partial charge is 0.352 e. The number of allylic oxidation sites excluding steroid dienone is 2. The van der Waals surface area contributed by atoms with Crippen LogP contribution in [0.2, 0.25) is 0 Å². The van der Waals surface area contributed by atoms with E-state index in [9.17, 15) is 4.79 Å². The van der Waals surface area contributed by atoms with Crippen LogP contribution in [0.1, 0.15) is 27.2 Å². The lowest BCUT2D eigenvalue weighted by Gasteiger charge is -2.21. The predicted octanol–water partition coefficient (Wildman–Crippen LogP) is 2.95. The SMILES string of the molecule is C=C1C=CC(C(=O)NCC)=CN1/C=C\C(C)CC. The smallest absolute Gasteiger partial charge is 0.252 e. The minimum Gasteiger partial charge on any atom is -0.352 e. The minimum absolute atomic E-state index is 0.0526. The van der Waals surface area contributed by atoms with Crippen LogP contribution in [-0.4, -0.2) is 17.4 Å². The first kappa shape index (κ1) is 14.3. The average Bonchev–Trinajstić information content (AvgIpc) is 2.37. The number of amides is 1. The fourth-order valence-corrected chi connectivity index (χ4v) is 1.46. The fraction of sp³-hybridized carbons (Fsp3) is 0.400. The number of carbonyl (C=O) groups excluding carboxylic acids is 1. The molecule has 1 aliphatic rings. The van der Waals surface area contributed by atoms with E-state index in [4.69, 9.17) is 0 Å². The van der Waals surface area contributed by atoms with Crippen LogP contribution in [0.5, 0.6) is 0 Å². The van der Waals surface area contributed by atoms with E-state index in [0.29, 0.717) is 18.0 Å². The molecule has 18 heavy (non-hydrogen) atoms. The highest BCUT2D eigenvalue weighted by atomic mass is 16.1. The summed E-state index contributed by atoms with van der Waals surface area (Å²) in [6.07, 6.45) is 10.6. The lowest BCUT2D eigenvalue weighted by Crippen LogP contribution is -2.26. The molecule has 1 N–H and O–H groups in total. The van der Waals surface area contributed by atoms with Crippen molar-refractivity contribution in [2.45, 2.75) is 27.2 Å². The van der Waals surface area contributed by atoms with Gasteiger partial charge >= 0.3 is 0 Å². The number of nitrogens with zero attached hydrogens (tertiary/aromatic N) is 1. The van der Waals surface area contributed by atoms with E-state index in [2.05, 4.69) is 31.8 Å². The maximum absolute atomic E-state index is 11.7. The highest BCUT2D eigenvalue weighted by molar-refractivity contribution is 5.96. The van der Waals surface area contributed by atoms with Crippen LogP contribution in [0.25, 0.3) is 0 Å². The van der Waals surface area contributed by atoms with Crippen molar-refractivity contribution in [3.8, 4) is 0 Å². The fourth-order valence-electron chi connectivity index (χ4n) is 1.46. The number of nitrogens with one attached hydrogen (secondary N) is 1. The Bertz CT molecular complexity index is 405. The molecule has 0 saturated carbocycles. The van der Waals surface area contributed by atoms with Gasteiger partial charge in [-0.15, -0.1) is 0 Å². The summed E-state index contributed by atoms with van der Waals surface area (Å²) < 4.78 is 0. The van der Waals surface area contributed by atoms with Gasteiger partial charge in [0.25, 0.3) is 5.91 Å². The second-order valence-electron chi connectivity index (χ2n) is 4.40. The Hall–Kier alpha value is -1.77. The number of hydrogen-bond donors (Lipinski definition) is 1. The van der Waals surface area contributed by atoms with Crippen molar-refractivity contribution in [1.29, 1.82) is 0 Å². The zero-order valence-corrected chi connectivity index (χ0v) is 11.4. The van der Waals surface area contributed by atoms with Gasteiger partial charge in [-0.25, -0.2) is 0 Å². The Balaban J connectivity index is 2.78. The van der Waals surface area contributed by atoms with Gasteiger partial charge in [-0.05, 0) is 25.0 Å². The standard InChI is InChI=1S/C15H22N2O/c1-5-12(3)9-10-17-11-14(8-7-13(17)4)15(18)16-6-2/h7-12H,4-6H2,1-3H3,(H,16,18)/b10-9-. The molecule has 0 aromatic heterocycles. The van der Waals surface area contributed by atoms with Crippen LogP contribution in [0, 0.1) is 5.92 Å². The van der Waals surface area contributed by atoms with Gasteiger partial charge in [0.2, 0.25) is 0 Å². The van der Waals surface area contributed by atoms with Gasteiger partial charge in [0, 0.05) is 24.6 Å². The molecule has 1 aliphatic heterocycles. The molecule has 1 unspecified atom stereocenters. The van der Waals surface area contributed by atoms with Gasteiger partial charge in [-0.1, -0.05) is 32.9 Å². The third-order valence-electron chi connectivity index (χ3n) is 2.88. The minimum atomic E-state index is -0.0526. The van der Waals surface area contributed by atoms with E-state index in [-0.39, 0.29) is 5.91 Å². The first-order chi connectivity index (χ1) is 8.58. The van der Waals surface area contributed by atoms with Gasteiger partial charge in [-0.3, -0.25) is 4.79 Å². The van der Waals surface area contributed by atoms with Crippen LogP contribution in [-0.2, 0) is 4.79 Å². The van der Waals surface area contributed by atoms with Crippen molar-refractivity contribution in [2.75, 3.05) is 6.54 Å². The molecular weight excluding hydrogens is 224 g/mol. The number of carbonyl (C=O) groups is 1. The third-order valence-corrected chi connectivity index (χ3v) is 2.88. The highest BCUT2D eigenvalue weighted by Crippen LogP contribution is 2.17. The summed E-state index contributed by atoms with van der Waals surface area (Å²) in [7, 11) is 0. The topological polar surface area (TPSA) is 32.3 Å². The summed E-state index contributed by atoms with van der Waals surface area (Å²) in [6, 6.07) is 0. The van der Waals surface area contributed by atoms with Crippen LogP contribution < -0.4 is 5.32 Å². The van der Waals surface area contributed by atoms with E-state index >= 15 is 0 Å². The Labute approximate surface area is 110 Å². The van der Waals surface area contributed by atoms with Crippen LogP contribution >= 0.6 is 0 Å². The van der Waals surface area contributed by atoms with Gasteiger partial charge in [0.05, 0.1) is 5.57 Å². The lowest BCUT2D eigenvalue weighted by molar-refractivity contribution is -0.117. The Morgan fingerprint density at radius 1 is 1.50 bits per heavy atom. The summed E-state index contributed by atoms with van der Waals surface area (Å²) in [4.78, 5) is 13.6. The maximum atomic E-state index is 11.7. The first-order valence-electron chi connectivity index (χ1n) is 6.42. The van der Waals surface area contributed by atoms with Crippen molar-refractivity contribution in [1.82, 2.24) is 10.2 Å². The van der Waals surface area contributed by atoms with Crippen molar-refractivity contribution in [3.05, 3.63) is 48.5 Å². The molecule has 1 rings (SSSR count). The summed E-state index contributed by atoms with van der Waals surface area (Å²) >= 11 is 0. The van der Waals surface area contributed by atoms with E-state index in [1.807, 2.05) is 30.3 Å². The molecule has 0 bridgehead atoms. The molecule has 0 radical (unpaired) electrons. The van der Waals surface area contributed by atoms with Crippen molar-refractivity contribution in [3.63, 3.8) is 0 Å². The zero-order chi connectivity index (χ0) is 13.5. The van der Waals surface area contributed by atoms with E-state index in [1.54, 1.807) is 6.08 Å². The van der Waals surface area contributed by atoms with Crippen LogP contribution in [0.15, 0.2) is 48.5 Å². The summed E-state index contributed by atoms with van der Waals surface area (Å²) in [5, 5.41) is 2.79. The molecule has 0 fully saturated rings. The molecule has 0 aliphatic carbocycles. The van der Waals surface area contributed by atoms with Crippen molar-refractivity contribution >= 4 is 5.91 Å². The molecule has 1 atom stereocenters. The molecule has 0 saturated heterocycles. The van der Waals surface area contributed by atoms with Gasteiger partial charge in [0.15, 0.2) is 0 Å². The second-order valence-corrected chi connectivity index (χ2v) is 4.40. The quantitative estimate of drug-likeness (QED) is 0.809. The molecule has 0 aromatic carbocycles. The number of rotatable bonds is 5. The number of likely N-dealkylation sites (N-methyl/N-ethyl adjacent to an activating group) is 1. The maximum Gasteiger partial charge on any atom is 0.252 e. The van der Waals surface area contributed by atoms with Gasteiger partial charge < -0.3 is 10.2 Å². The second kappa shape index (κ2) is 6.84. The lowest BCUT2D eigenvalue weighted by atomic mass is 10.1. The predicted molar refractivity (Wildman–Crippen MR) is 75.5 cm³/mol. The molecular formula is C15H22N2O. The molecule has 0 spiro atoms. The first-order valence-corrected chi connectivity index (χ1v) is 6.42. The Morgan fingerprint density at radius 2 is 2.22 bits per heavy atom. The highest BCUT2D eigenvalue weighted by Gasteiger charge is 2.12. The molecule has 3 nitrogen and oxygen atoms in total. The molecule has 0 aromatic rings. The van der Waals surface area contributed by atoms with E-state index in [1.165, 1.54) is 0 Å². The normalized spacial score (nSPS) is 16.9. The average molecular weight is 246 g/mol.